The van der Waals surface area contributed by atoms with E-state index in [0.29, 0.717) is 5.69 Å². The zero-order valence-electron chi connectivity index (χ0n) is 18.8. The highest BCUT2D eigenvalue weighted by Gasteiger charge is 2.18. The lowest BCUT2D eigenvalue weighted by atomic mass is 10.0. The first-order chi connectivity index (χ1) is 16.0. The van der Waals surface area contributed by atoms with Crippen LogP contribution in [-0.2, 0) is 0 Å². The summed E-state index contributed by atoms with van der Waals surface area (Å²) in [5, 5.41) is 16.5. The molecule has 1 aliphatic rings. The molecule has 1 aliphatic heterocycles. The molecule has 4 aromatic rings. The van der Waals surface area contributed by atoms with Crippen LogP contribution in [0, 0.1) is 13.8 Å². The van der Waals surface area contributed by atoms with Crippen LogP contribution in [0.4, 0.5) is 5.69 Å². The predicted octanol–water partition coefficient (Wildman–Crippen LogP) is 4.57. The lowest BCUT2D eigenvalue weighted by Gasteiger charge is -2.25. The quantitative estimate of drug-likeness (QED) is 0.420. The SMILES string of the molecule is Cc1cc(C)cc(-c2cnc3ccn(-c4ccc(C(=O)O)c(NC5CCNCC5)c4)c3n2)c1. The number of hydrogen-bond acceptors (Lipinski definition) is 5. The Bertz CT molecular complexity index is 1320. The molecule has 33 heavy (non-hydrogen) atoms. The number of aryl methyl sites for hydroxylation is 2. The van der Waals surface area contributed by atoms with E-state index in [1.54, 1.807) is 12.3 Å². The van der Waals surface area contributed by atoms with Crippen LogP contribution in [-0.4, -0.2) is 44.7 Å². The number of piperidine rings is 1. The summed E-state index contributed by atoms with van der Waals surface area (Å²) in [6, 6.07) is 13.9. The van der Waals surface area contributed by atoms with Gasteiger partial charge in [-0.2, -0.15) is 0 Å². The number of nitrogens with one attached hydrogen (secondary N) is 2. The molecular weight excluding hydrogens is 414 g/mol. The van der Waals surface area contributed by atoms with Crippen LogP contribution < -0.4 is 10.6 Å². The van der Waals surface area contributed by atoms with Crippen molar-refractivity contribution >= 4 is 22.8 Å². The molecule has 7 nitrogen and oxygen atoms in total. The molecule has 0 atom stereocenters. The zero-order chi connectivity index (χ0) is 22.9. The van der Waals surface area contributed by atoms with Gasteiger partial charge in [0.25, 0.3) is 0 Å². The van der Waals surface area contributed by atoms with E-state index in [-0.39, 0.29) is 11.6 Å². The van der Waals surface area contributed by atoms with Gasteiger partial charge in [0.1, 0.15) is 5.52 Å². The molecule has 1 saturated heterocycles. The van der Waals surface area contributed by atoms with E-state index in [4.69, 9.17) is 4.98 Å². The van der Waals surface area contributed by atoms with Crippen LogP contribution in [0.5, 0.6) is 0 Å². The maximum Gasteiger partial charge on any atom is 0.337 e. The molecule has 168 valence electrons. The topological polar surface area (TPSA) is 92.1 Å². The van der Waals surface area contributed by atoms with E-state index in [2.05, 4.69) is 47.7 Å². The lowest BCUT2D eigenvalue weighted by molar-refractivity contribution is 0.0698. The molecule has 2 aromatic heterocycles. The second-order valence-corrected chi connectivity index (χ2v) is 8.73. The van der Waals surface area contributed by atoms with Gasteiger partial charge in [-0.1, -0.05) is 17.2 Å². The van der Waals surface area contributed by atoms with Gasteiger partial charge in [0, 0.05) is 23.5 Å². The molecule has 1 fully saturated rings. The lowest BCUT2D eigenvalue weighted by Crippen LogP contribution is -2.35. The van der Waals surface area contributed by atoms with Gasteiger partial charge in [-0.15, -0.1) is 0 Å². The number of rotatable bonds is 5. The average molecular weight is 442 g/mol. The highest BCUT2D eigenvalue weighted by atomic mass is 16.4. The van der Waals surface area contributed by atoms with Crippen molar-refractivity contribution in [3.05, 3.63) is 71.5 Å². The Morgan fingerprint density at radius 1 is 1.09 bits per heavy atom. The van der Waals surface area contributed by atoms with Crippen LogP contribution >= 0.6 is 0 Å². The predicted molar refractivity (Wildman–Crippen MR) is 130 cm³/mol. The van der Waals surface area contributed by atoms with Crippen molar-refractivity contribution in [2.75, 3.05) is 18.4 Å². The van der Waals surface area contributed by atoms with Crippen LogP contribution in [0.25, 0.3) is 28.1 Å². The van der Waals surface area contributed by atoms with Gasteiger partial charge in [0.05, 0.1) is 23.1 Å². The first kappa shape index (κ1) is 21.2. The standard InChI is InChI=1S/C26H27N5O2/c1-16-11-17(2)13-18(12-16)24-15-28-22-7-10-31(25(22)30-24)20-3-4-21(26(32)33)23(14-20)29-19-5-8-27-9-6-19/h3-4,7,10-15,19,27,29H,5-6,8-9H2,1-2H3,(H,32,33). The molecule has 0 unspecified atom stereocenters. The highest BCUT2D eigenvalue weighted by Crippen LogP contribution is 2.27. The van der Waals surface area contributed by atoms with Crippen molar-refractivity contribution in [3.63, 3.8) is 0 Å². The Balaban J connectivity index is 1.56. The minimum absolute atomic E-state index is 0.247. The number of nitrogens with zero attached hydrogens (tertiary/aromatic N) is 3. The van der Waals surface area contributed by atoms with Gasteiger partial charge in [-0.05, 0) is 76.2 Å². The minimum Gasteiger partial charge on any atom is -0.478 e. The fraction of sp³-hybridized carbons (Fsp3) is 0.269. The maximum atomic E-state index is 11.8. The maximum absolute atomic E-state index is 11.8. The summed E-state index contributed by atoms with van der Waals surface area (Å²) in [4.78, 5) is 21.4. The fourth-order valence-electron chi connectivity index (χ4n) is 4.54. The monoisotopic (exact) mass is 441 g/mol. The Morgan fingerprint density at radius 2 is 1.85 bits per heavy atom. The van der Waals surface area contributed by atoms with Gasteiger partial charge in [0.15, 0.2) is 5.65 Å². The first-order valence-corrected chi connectivity index (χ1v) is 11.3. The number of fused-ring (bicyclic) bond motifs is 1. The number of benzene rings is 2. The summed E-state index contributed by atoms with van der Waals surface area (Å²) in [5.41, 5.74) is 7.48. The Hall–Kier alpha value is -3.71. The molecule has 0 amide bonds. The summed E-state index contributed by atoms with van der Waals surface area (Å²) in [5.74, 6) is -0.938. The molecule has 0 bridgehead atoms. The Kier molecular flexibility index (Phi) is 5.56. The molecule has 0 radical (unpaired) electrons. The van der Waals surface area contributed by atoms with E-state index in [0.717, 1.165) is 54.0 Å². The third-order valence-corrected chi connectivity index (χ3v) is 6.12. The van der Waals surface area contributed by atoms with E-state index < -0.39 is 5.97 Å². The normalized spacial score (nSPS) is 14.5. The van der Waals surface area contributed by atoms with Gasteiger partial charge in [0.2, 0.25) is 0 Å². The fourth-order valence-corrected chi connectivity index (χ4v) is 4.54. The number of carboxylic acids is 1. The first-order valence-electron chi connectivity index (χ1n) is 11.3. The zero-order valence-corrected chi connectivity index (χ0v) is 18.8. The van der Waals surface area contributed by atoms with Crippen molar-refractivity contribution in [2.45, 2.75) is 32.7 Å². The molecule has 7 heteroatoms. The van der Waals surface area contributed by atoms with Crippen molar-refractivity contribution in [3.8, 4) is 16.9 Å². The summed E-state index contributed by atoms with van der Waals surface area (Å²) in [6.45, 7) is 6.01. The van der Waals surface area contributed by atoms with E-state index in [1.165, 1.54) is 11.1 Å². The van der Waals surface area contributed by atoms with Gasteiger partial charge >= 0.3 is 5.97 Å². The van der Waals surface area contributed by atoms with Crippen LogP contribution in [0.15, 0.2) is 54.9 Å². The van der Waals surface area contributed by atoms with Gasteiger partial charge < -0.3 is 15.7 Å². The molecule has 0 saturated carbocycles. The van der Waals surface area contributed by atoms with E-state index in [1.807, 2.05) is 29.0 Å². The number of hydrogen-bond donors (Lipinski definition) is 3. The molecule has 5 rings (SSSR count). The van der Waals surface area contributed by atoms with Crippen LogP contribution in [0.1, 0.15) is 34.3 Å². The summed E-state index contributed by atoms with van der Waals surface area (Å²) in [6.07, 6.45) is 5.65. The van der Waals surface area contributed by atoms with Gasteiger partial charge in [-0.3, -0.25) is 9.55 Å². The third-order valence-electron chi connectivity index (χ3n) is 6.12. The van der Waals surface area contributed by atoms with Gasteiger partial charge in [-0.25, -0.2) is 9.78 Å². The number of aromatic nitrogens is 3. The molecule has 0 aliphatic carbocycles. The second-order valence-electron chi connectivity index (χ2n) is 8.73. The summed E-state index contributed by atoms with van der Waals surface area (Å²) >= 11 is 0. The van der Waals surface area contributed by atoms with Crippen LogP contribution in [0.3, 0.4) is 0 Å². The van der Waals surface area contributed by atoms with Crippen LogP contribution in [0.2, 0.25) is 0 Å². The summed E-state index contributed by atoms with van der Waals surface area (Å²) in [7, 11) is 0. The number of anilines is 1. The van der Waals surface area contributed by atoms with E-state index in [9.17, 15) is 9.90 Å². The van der Waals surface area contributed by atoms with Crippen molar-refractivity contribution in [1.29, 1.82) is 0 Å². The highest BCUT2D eigenvalue weighted by molar-refractivity contribution is 5.95. The van der Waals surface area contributed by atoms with Crippen molar-refractivity contribution < 1.29 is 9.90 Å². The average Bonchev–Trinajstić information content (AvgIpc) is 3.22. The third kappa shape index (κ3) is 4.32. The smallest absolute Gasteiger partial charge is 0.337 e. The molecule has 3 N–H and O–H groups in total. The van der Waals surface area contributed by atoms with Crippen molar-refractivity contribution in [2.24, 2.45) is 0 Å². The molecular formula is C26H27N5O2. The molecule has 2 aromatic carbocycles. The Labute approximate surface area is 192 Å². The number of aromatic carboxylic acids is 1. The number of carbonyl (C=O) groups is 1. The summed E-state index contributed by atoms with van der Waals surface area (Å²) < 4.78 is 1.97. The van der Waals surface area contributed by atoms with E-state index >= 15 is 0 Å². The second kappa shape index (κ2) is 8.67. The van der Waals surface area contributed by atoms with Crippen molar-refractivity contribution in [1.82, 2.24) is 19.9 Å². The Morgan fingerprint density at radius 3 is 2.58 bits per heavy atom. The molecule has 3 heterocycles. The minimum atomic E-state index is -0.938. The molecule has 0 spiro atoms. The number of carboxylic acid groups (broad SMARTS) is 1. The largest absolute Gasteiger partial charge is 0.478 e.